The average Bonchev–Trinajstić information content (AvgIpc) is 3.02. The smallest absolute Gasteiger partial charge is 0.230 e. The third kappa shape index (κ3) is 4.23. The Morgan fingerprint density at radius 2 is 2.41 bits per heavy atom. The van der Waals surface area contributed by atoms with Gasteiger partial charge in [0.1, 0.15) is 12.1 Å². The minimum atomic E-state index is -0.138. The predicted octanol–water partition coefficient (Wildman–Crippen LogP) is 1.40. The molecule has 0 aliphatic rings. The van der Waals surface area contributed by atoms with Gasteiger partial charge in [0, 0.05) is 12.6 Å². The third-order valence-corrected chi connectivity index (χ3v) is 3.68. The highest BCUT2D eigenvalue weighted by Crippen LogP contribution is 2.22. The van der Waals surface area contributed by atoms with Crippen molar-refractivity contribution in [3.63, 3.8) is 0 Å². The van der Waals surface area contributed by atoms with Crippen LogP contribution in [0.5, 0.6) is 5.75 Å². The summed E-state index contributed by atoms with van der Waals surface area (Å²) in [4.78, 5) is 11.6. The van der Waals surface area contributed by atoms with Gasteiger partial charge in [-0.05, 0) is 12.1 Å². The molecule has 1 heterocycles. The highest BCUT2D eigenvalue weighted by atomic mass is 32.2. The van der Waals surface area contributed by atoms with E-state index >= 15 is 0 Å². The van der Waals surface area contributed by atoms with Crippen molar-refractivity contribution >= 4 is 17.7 Å². The first-order valence-electron chi connectivity index (χ1n) is 6.55. The first-order chi connectivity index (χ1) is 10.7. The summed E-state index contributed by atoms with van der Waals surface area (Å²) >= 11 is 1.28. The Hall–Kier alpha value is -2.53. The van der Waals surface area contributed by atoms with Crippen LogP contribution in [0.4, 0.5) is 0 Å². The zero-order chi connectivity index (χ0) is 15.8. The van der Waals surface area contributed by atoms with Crippen LogP contribution in [0.25, 0.3) is 5.69 Å². The first kappa shape index (κ1) is 15.9. The number of carbonyl (C=O) groups excluding carboxylic acids is 1. The highest BCUT2D eigenvalue weighted by Gasteiger charge is 2.10. The van der Waals surface area contributed by atoms with Gasteiger partial charge in [-0.1, -0.05) is 17.8 Å². The number of amides is 1. The molecule has 0 aliphatic heterocycles. The van der Waals surface area contributed by atoms with Gasteiger partial charge in [0.05, 0.1) is 31.0 Å². The van der Waals surface area contributed by atoms with Gasteiger partial charge in [-0.3, -0.25) is 9.36 Å². The first-order valence-corrected chi connectivity index (χ1v) is 7.54. The molecule has 0 saturated heterocycles. The zero-order valence-corrected chi connectivity index (χ0v) is 12.8. The van der Waals surface area contributed by atoms with Crippen LogP contribution in [0.2, 0.25) is 0 Å². The van der Waals surface area contributed by atoms with Gasteiger partial charge in [-0.25, -0.2) is 0 Å². The van der Waals surface area contributed by atoms with Crippen LogP contribution >= 0.6 is 11.8 Å². The third-order valence-electron chi connectivity index (χ3n) is 2.74. The molecule has 0 spiro atoms. The molecule has 114 valence electrons. The maximum absolute atomic E-state index is 11.6. The molecule has 1 aromatic carbocycles. The lowest BCUT2D eigenvalue weighted by Crippen LogP contribution is -2.26. The number of rotatable bonds is 7. The Kier molecular flexibility index (Phi) is 5.80. The summed E-state index contributed by atoms with van der Waals surface area (Å²) in [6.07, 6.45) is 1.89. The number of aromatic nitrogens is 3. The van der Waals surface area contributed by atoms with Crippen molar-refractivity contribution in [3.05, 3.63) is 30.6 Å². The van der Waals surface area contributed by atoms with Gasteiger partial charge in [0.2, 0.25) is 5.91 Å². The van der Waals surface area contributed by atoms with Gasteiger partial charge in [-0.2, -0.15) is 5.26 Å². The van der Waals surface area contributed by atoms with E-state index in [0.717, 1.165) is 11.4 Å². The molecule has 1 aromatic heterocycles. The fourth-order valence-corrected chi connectivity index (χ4v) is 2.46. The van der Waals surface area contributed by atoms with Crippen LogP contribution in [-0.4, -0.2) is 40.1 Å². The Balaban J connectivity index is 2.00. The van der Waals surface area contributed by atoms with Crippen molar-refractivity contribution < 1.29 is 9.53 Å². The van der Waals surface area contributed by atoms with E-state index < -0.39 is 0 Å². The summed E-state index contributed by atoms with van der Waals surface area (Å²) in [5.74, 6) is 0.811. The van der Waals surface area contributed by atoms with Crippen LogP contribution in [0.1, 0.15) is 6.42 Å². The van der Waals surface area contributed by atoms with Crippen LogP contribution in [0.15, 0.2) is 35.7 Å². The number of nitriles is 1. The number of benzene rings is 1. The zero-order valence-electron chi connectivity index (χ0n) is 12.0. The molecule has 1 N–H and O–H groups in total. The number of hydrogen-bond acceptors (Lipinski definition) is 6. The van der Waals surface area contributed by atoms with Gasteiger partial charge in [0.15, 0.2) is 5.16 Å². The van der Waals surface area contributed by atoms with Gasteiger partial charge in [-0.15, -0.1) is 10.2 Å². The Bertz CT molecular complexity index is 680. The lowest BCUT2D eigenvalue weighted by atomic mass is 10.3. The minimum absolute atomic E-state index is 0.138. The molecule has 0 aliphatic carbocycles. The van der Waals surface area contributed by atoms with Gasteiger partial charge < -0.3 is 10.1 Å². The van der Waals surface area contributed by atoms with Crippen molar-refractivity contribution in [1.82, 2.24) is 20.1 Å². The van der Waals surface area contributed by atoms with E-state index in [9.17, 15) is 4.79 Å². The van der Waals surface area contributed by atoms with Crippen LogP contribution in [0, 0.1) is 11.3 Å². The van der Waals surface area contributed by atoms with E-state index in [1.165, 1.54) is 11.8 Å². The second kappa shape index (κ2) is 8.05. The fraction of sp³-hybridized carbons (Fsp3) is 0.286. The molecule has 1 amide bonds. The van der Waals surface area contributed by atoms with Gasteiger partial charge >= 0.3 is 0 Å². The number of methoxy groups -OCH3 is 1. The number of ether oxygens (including phenoxy) is 1. The topological polar surface area (TPSA) is 92.8 Å². The Labute approximate surface area is 132 Å². The molecule has 7 nitrogen and oxygen atoms in total. The fourth-order valence-electron chi connectivity index (χ4n) is 1.70. The average molecular weight is 317 g/mol. The molecule has 0 fully saturated rings. The van der Waals surface area contributed by atoms with Crippen LogP contribution in [0.3, 0.4) is 0 Å². The summed E-state index contributed by atoms with van der Waals surface area (Å²) in [5, 5.41) is 19.6. The number of nitrogens with one attached hydrogen (secondary N) is 1. The van der Waals surface area contributed by atoms with E-state index in [1.807, 2.05) is 30.3 Å². The van der Waals surface area contributed by atoms with Crippen molar-refractivity contribution in [1.29, 1.82) is 5.26 Å². The van der Waals surface area contributed by atoms with E-state index in [0.29, 0.717) is 18.1 Å². The number of nitrogens with zero attached hydrogens (tertiary/aromatic N) is 4. The van der Waals surface area contributed by atoms with E-state index in [4.69, 9.17) is 10.00 Å². The maximum Gasteiger partial charge on any atom is 0.230 e. The number of hydrogen-bond donors (Lipinski definition) is 1. The summed E-state index contributed by atoms with van der Waals surface area (Å²) in [5.41, 5.74) is 0.858. The molecule has 2 rings (SSSR count). The standard InChI is InChI=1S/C14H15N5O2S/c1-21-12-5-2-4-11(8-12)19-10-17-18-14(19)22-9-13(20)16-7-3-6-15/h2,4-5,8,10H,3,7,9H2,1H3,(H,16,20). The predicted molar refractivity (Wildman–Crippen MR) is 81.9 cm³/mol. The molecule has 22 heavy (non-hydrogen) atoms. The number of thioether (sulfide) groups is 1. The lowest BCUT2D eigenvalue weighted by molar-refractivity contribution is -0.118. The second-order valence-electron chi connectivity index (χ2n) is 4.23. The van der Waals surface area contributed by atoms with Gasteiger partial charge in [0.25, 0.3) is 0 Å². The molecular formula is C14H15N5O2S. The van der Waals surface area contributed by atoms with Crippen LogP contribution < -0.4 is 10.1 Å². The molecule has 2 aromatic rings. The van der Waals surface area contributed by atoms with E-state index in [-0.39, 0.29) is 11.7 Å². The van der Waals surface area contributed by atoms with Crippen molar-refractivity contribution in [3.8, 4) is 17.5 Å². The minimum Gasteiger partial charge on any atom is -0.497 e. The lowest BCUT2D eigenvalue weighted by Gasteiger charge is -2.08. The summed E-state index contributed by atoms with van der Waals surface area (Å²) in [6.45, 7) is 0.360. The molecule has 8 heteroatoms. The maximum atomic E-state index is 11.6. The Morgan fingerprint density at radius 1 is 1.55 bits per heavy atom. The SMILES string of the molecule is COc1cccc(-n2cnnc2SCC(=O)NCCC#N)c1. The van der Waals surface area contributed by atoms with E-state index in [2.05, 4.69) is 15.5 Å². The quantitative estimate of drug-likeness (QED) is 0.613. The molecule has 0 unspecified atom stereocenters. The molecule has 0 radical (unpaired) electrons. The highest BCUT2D eigenvalue weighted by molar-refractivity contribution is 7.99. The van der Waals surface area contributed by atoms with E-state index in [1.54, 1.807) is 18.0 Å². The second-order valence-corrected chi connectivity index (χ2v) is 5.17. The molecular weight excluding hydrogens is 302 g/mol. The van der Waals surface area contributed by atoms with Crippen molar-refractivity contribution in [2.75, 3.05) is 19.4 Å². The largest absolute Gasteiger partial charge is 0.497 e. The van der Waals surface area contributed by atoms with Crippen molar-refractivity contribution in [2.24, 2.45) is 0 Å². The van der Waals surface area contributed by atoms with Crippen LogP contribution in [-0.2, 0) is 4.79 Å². The summed E-state index contributed by atoms with van der Waals surface area (Å²) in [7, 11) is 1.60. The number of carbonyl (C=O) groups is 1. The monoisotopic (exact) mass is 317 g/mol. The molecule has 0 saturated carbocycles. The summed E-state index contributed by atoms with van der Waals surface area (Å²) < 4.78 is 6.98. The Morgan fingerprint density at radius 3 is 3.18 bits per heavy atom. The normalized spacial score (nSPS) is 10.0. The molecule has 0 atom stereocenters. The summed E-state index contributed by atoms with van der Waals surface area (Å²) in [6, 6.07) is 9.46. The molecule has 0 bridgehead atoms. The van der Waals surface area contributed by atoms with Crippen molar-refractivity contribution in [2.45, 2.75) is 11.6 Å².